The molecule has 0 bridgehead atoms. The third-order valence-electron chi connectivity index (χ3n) is 4.62. The lowest BCUT2D eigenvalue weighted by molar-refractivity contribution is 0.0740. The lowest BCUT2D eigenvalue weighted by atomic mass is 10.1. The molecule has 0 saturated carbocycles. The van der Waals surface area contributed by atoms with Crippen molar-refractivity contribution in [2.45, 2.75) is 19.9 Å². The Morgan fingerprint density at radius 1 is 1.32 bits per heavy atom. The summed E-state index contributed by atoms with van der Waals surface area (Å²) >= 11 is 0. The number of aromatic nitrogens is 1. The van der Waals surface area contributed by atoms with Crippen LogP contribution >= 0.6 is 0 Å². The number of nitrogens with one attached hydrogen (secondary N) is 1. The first-order valence-electron chi connectivity index (χ1n) is 8.33. The minimum absolute atomic E-state index is 0.0981. The highest BCUT2D eigenvalue weighted by Gasteiger charge is 2.25. The molecule has 1 aliphatic rings. The van der Waals surface area contributed by atoms with E-state index in [4.69, 9.17) is 0 Å². The Morgan fingerprint density at radius 3 is 2.76 bits per heavy atom. The van der Waals surface area contributed by atoms with Crippen molar-refractivity contribution in [2.75, 3.05) is 25.0 Å². The molecular weight excluding hydrogens is 316 g/mol. The van der Waals surface area contributed by atoms with E-state index < -0.39 is 0 Å². The Kier molecular flexibility index (Phi) is 4.70. The molecule has 6 nitrogen and oxygen atoms in total. The first-order valence-corrected chi connectivity index (χ1v) is 8.33. The molecule has 2 aromatic rings. The van der Waals surface area contributed by atoms with Crippen LogP contribution in [0, 0.1) is 6.92 Å². The number of carbonyl (C=O) groups excluding carboxylic acids is 2. The SMILES string of the molecule is Cc1ccc(C(=O)N(C)C(C)c2ccccn2)cc1N1CCNC1=O. The lowest BCUT2D eigenvalue weighted by Gasteiger charge is -2.25. The van der Waals surface area contributed by atoms with Crippen LogP contribution in [0.2, 0.25) is 0 Å². The van der Waals surface area contributed by atoms with Crippen LogP contribution in [-0.4, -0.2) is 42.0 Å². The van der Waals surface area contributed by atoms with Crippen LogP contribution in [0.4, 0.5) is 10.5 Å². The molecule has 1 N–H and O–H groups in total. The van der Waals surface area contributed by atoms with Gasteiger partial charge in [-0.1, -0.05) is 12.1 Å². The van der Waals surface area contributed by atoms with Gasteiger partial charge in [0.25, 0.3) is 5.91 Å². The molecule has 1 aromatic carbocycles. The highest BCUT2D eigenvalue weighted by molar-refractivity contribution is 5.99. The number of carbonyl (C=O) groups is 2. The fourth-order valence-electron chi connectivity index (χ4n) is 2.94. The molecule has 3 amide bonds. The van der Waals surface area contributed by atoms with E-state index in [2.05, 4.69) is 10.3 Å². The van der Waals surface area contributed by atoms with Gasteiger partial charge >= 0.3 is 6.03 Å². The third-order valence-corrected chi connectivity index (χ3v) is 4.62. The van der Waals surface area contributed by atoms with Crippen molar-refractivity contribution in [1.29, 1.82) is 0 Å². The van der Waals surface area contributed by atoms with E-state index in [9.17, 15) is 9.59 Å². The van der Waals surface area contributed by atoms with Gasteiger partial charge in [-0.2, -0.15) is 0 Å². The molecule has 1 aromatic heterocycles. The molecule has 6 heteroatoms. The average Bonchev–Trinajstić information content (AvgIpc) is 3.07. The summed E-state index contributed by atoms with van der Waals surface area (Å²) in [4.78, 5) is 32.5. The molecule has 1 unspecified atom stereocenters. The lowest BCUT2D eigenvalue weighted by Crippen LogP contribution is -2.31. The third kappa shape index (κ3) is 3.33. The number of pyridine rings is 1. The maximum absolute atomic E-state index is 12.9. The van der Waals surface area contributed by atoms with Gasteiger partial charge < -0.3 is 10.2 Å². The number of benzene rings is 1. The van der Waals surface area contributed by atoms with Crippen molar-refractivity contribution in [2.24, 2.45) is 0 Å². The summed E-state index contributed by atoms with van der Waals surface area (Å²) in [5.74, 6) is -0.0981. The van der Waals surface area contributed by atoms with E-state index in [0.29, 0.717) is 18.7 Å². The summed E-state index contributed by atoms with van der Waals surface area (Å²) in [5, 5.41) is 2.79. The summed E-state index contributed by atoms with van der Waals surface area (Å²) in [5.41, 5.74) is 3.14. The smallest absolute Gasteiger partial charge is 0.322 e. The zero-order chi connectivity index (χ0) is 18.0. The van der Waals surface area contributed by atoms with E-state index in [1.807, 2.05) is 38.1 Å². The van der Waals surface area contributed by atoms with E-state index in [1.54, 1.807) is 35.2 Å². The monoisotopic (exact) mass is 338 g/mol. The topological polar surface area (TPSA) is 65.5 Å². The maximum atomic E-state index is 12.9. The van der Waals surface area contributed by atoms with Gasteiger partial charge in [-0.3, -0.25) is 14.7 Å². The summed E-state index contributed by atoms with van der Waals surface area (Å²) in [6, 6.07) is 10.9. The van der Waals surface area contributed by atoms with Crippen molar-refractivity contribution in [3.63, 3.8) is 0 Å². The van der Waals surface area contributed by atoms with Gasteiger partial charge in [0.15, 0.2) is 0 Å². The minimum Gasteiger partial charge on any atom is -0.336 e. The van der Waals surface area contributed by atoms with Gasteiger partial charge in [0, 0.05) is 37.6 Å². The fraction of sp³-hybridized carbons (Fsp3) is 0.316. The standard InChI is InChI=1S/C19H22N4O2/c1-13-7-8-15(12-17(13)23-11-10-21-19(23)25)18(24)22(3)14(2)16-6-4-5-9-20-16/h4-9,12,14H,10-11H2,1-3H3,(H,21,25). The van der Waals surface area contributed by atoms with Crippen LogP contribution in [0.3, 0.4) is 0 Å². The number of anilines is 1. The van der Waals surface area contributed by atoms with Crippen LogP contribution in [0.25, 0.3) is 0 Å². The van der Waals surface area contributed by atoms with Gasteiger partial charge in [-0.05, 0) is 43.7 Å². The van der Waals surface area contributed by atoms with Crippen molar-refractivity contribution in [3.05, 3.63) is 59.4 Å². The molecule has 0 radical (unpaired) electrons. The molecule has 0 spiro atoms. The number of aryl methyl sites for hydroxylation is 1. The Labute approximate surface area is 147 Å². The minimum atomic E-state index is -0.145. The van der Waals surface area contributed by atoms with Crippen molar-refractivity contribution in [1.82, 2.24) is 15.2 Å². The predicted octanol–water partition coefficient (Wildman–Crippen LogP) is 2.75. The zero-order valence-corrected chi connectivity index (χ0v) is 14.7. The van der Waals surface area contributed by atoms with Crippen molar-refractivity contribution < 1.29 is 9.59 Å². The van der Waals surface area contributed by atoms with E-state index in [1.165, 1.54) is 0 Å². The van der Waals surface area contributed by atoms with Crippen molar-refractivity contribution >= 4 is 17.6 Å². The molecule has 1 atom stereocenters. The molecule has 1 aliphatic heterocycles. The molecule has 3 rings (SSSR count). The average molecular weight is 338 g/mol. The van der Waals surface area contributed by atoms with Crippen molar-refractivity contribution in [3.8, 4) is 0 Å². The highest BCUT2D eigenvalue weighted by Crippen LogP contribution is 2.25. The number of amides is 3. The van der Waals surface area contributed by atoms with Gasteiger partial charge in [0.05, 0.1) is 11.7 Å². The number of urea groups is 1. The van der Waals surface area contributed by atoms with Crippen LogP contribution < -0.4 is 10.2 Å². The second-order valence-electron chi connectivity index (χ2n) is 6.23. The Morgan fingerprint density at radius 2 is 2.12 bits per heavy atom. The number of hydrogen-bond acceptors (Lipinski definition) is 3. The maximum Gasteiger partial charge on any atom is 0.322 e. The normalized spacial score (nSPS) is 15.0. The van der Waals surface area contributed by atoms with Crippen LogP contribution in [0.5, 0.6) is 0 Å². The second-order valence-corrected chi connectivity index (χ2v) is 6.23. The van der Waals surface area contributed by atoms with Crippen LogP contribution in [0.1, 0.15) is 34.6 Å². The molecule has 2 heterocycles. The van der Waals surface area contributed by atoms with Gasteiger partial charge in [-0.15, -0.1) is 0 Å². The summed E-state index contributed by atoms with van der Waals surface area (Å²) in [6.07, 6.45) is 1.72. The number of nitrogens with zero attached hydrogens (tertiary/aromatic N) is 3. The highest BCUT2D eigenvalue weighted by atomic mass is 16.2. The Balaban J connectivity index is 1.86. The van der Waals surface area contributed by atoms with E-state index in [0.717, 1.165) is 16.9 Å². The second kappa shape index (κ2) is 6.93. The predicted molar refractivity (Wildman–Crippen MR) is 96.7 cm³/mol. The molecule has 1 saturated heterocycles. The largest absolute Gasteiger partial charge is 0.336 e. The van der Waals surface area contributed by atoms with Gasteiger partial charge in [0.2, 0.25) is 0 Å². The van der Waals surface area contributed by atoms with E-state index in [-0.39, 0.29) is 18.0 Å². The summed E-state index contributed by atoms with van der Waals surface area (Å²) in [6.45, 7) is 5.11. The number of rotatable bonds is 4. The van der Waals surface area contributed by atoms with Gasteiger partial charge in [-0.25, -0.2) is 4.79 Å². The van der Waals surface area contributed by atoms with Gasteiger partial charge in [0.1, 0.15) is 0 Å². The summed E-state index contributed by atoms with van der Waals surface area (Å²) < 4.78 is 0. The quantitative estimate of drug-likeness (QED) is 0.932. The molecule has 25 heavy (non-hydrogen) atoms. The Bertz CT molecular complexity index is 791. The molecule has 1 fully saturated rings. The van der Waals surface area contributed by atoms with Crippen LogP contribution in [-0.2, 0) is 0 Å². The van der Waals surface area contributed by atoms with Crippen LogP contribution in [0.15, 0.2) is 42.6 Å². The Hall–Kier alpha value is -2.89. The molecule has 130 valence electrons. The zero-order valence-electron chi connectivity index (χ0n) is 14.7. The van der Waals surface area contributed by atoms with E-state index >= 15 is 0 Å². The molecule has 0 aliphatic carbocycles. The molecular formula is C19H22N4O2. The first-order chi connectivity index (χ1) is 12.0. The number of hydrogen-bond donors (Lipinski definition) is 1. The summed E-state index contributed by atoms with van der Waals surface area (Å²) in [7, 11) is 1.77. The fourth-order valence-corrected chi connectivity index (χ4v) is 2.94. The first kappa shape index (κ1) is 17.0.